The third-order valence-electron chi connectivity index (χ3n) is 4.24. The SMILES string of the molecule is CC1CC(=O)Nc2ccccc2N1C(=O)COc1ccc(S(C)(=O)=O)cc1. The third-order valence-corrected chi connectivity index (χ3v) is 5.37. The fourth-order valence-corrected chi connectivity index (χ4v) is 3.60. The van der Waals surface area contributed by atoms with Crippen LogP contribution < -0.4 is 15.0 Å². The van der Waals surface area contributed by atoms with E-state index in [4.69, 9.17) is 4.74 Å². The van der Waals surface area contributed by atoms with Crippen LogP contribution in [0.15, 0.2) is 53.4 Å². The van der Waals surface area contributed by atoms with Crippen LogP contribution in [-0.2, 0) is 19.4 Å². The molecule has 2 amide bonds. The first kappa shape index (κ1) is 18.9. The van der Waals surface area contributed by atoms with Gasteiger partial charge in [-0.2, -0.15) is 0 Å². The van der Waals surface area contributed by atoms with E-state index < -0.39 is 9.84 Å². The molecule has 142 valence electrons. The number of carbonyl (C=O) groups is 2. The van der Waals surface area contributed by atoms with Gasteiger partial charge < -0.3 is 15.0 Å². The normalized spacial score (nSPS) is 16.9. The van der Waals surface area contributed by atoms with E-state index in [2.05, 4.69) is 5.32 Å². The van der Waals surface area contributed by atoms with Crippen molar-refractivity contribution in [1.82, 2.24) is 0 Å². The quantitative estimate of drug-likeness (QED) is 0.867. The monoisotopic (exact) mass is 388 g/mol. The van der Waals surface area contributed by atoms with Gasteiger partial charge in [0.2, 0.25) is 5.91 Å². The molecule has 0 fully saturated rings. The highest BCUT2D eigenvalue weighted by Crippen LogP contribution is 2.31. The minimum absolute atomic E-state index is 0.150. The lowest BCUT2D eigenvalue weighted by atomic mass is 10.1. The standard InChI is InChI=1S/C19H20N2O5S/c1-13-11-18(22)20-16-5-3-4-6-17(16)21(13)19(23)12-26-14-7-9-15(10-8-14)27(2,24)25/h3-10,13H,11-12H2,1-2H3,(H,20,22). The van der Waals surface area contributed by atoms with Gasteiger partial charge in [-0.15, -0.1) is 0 Å². The molecule has 0 saturated heterocycles. The van der Waals surface area contributed by atoms with Gasteiger partial charge in [0.25, 0.3) is 5.91 Å². The maximum Gasteiger partial charge on any atom is 0.265 e. The minimum Gasteiger partial charge on any atom is -0.484 e. The number of carbonyl (C=O) groups excluding carboxylic acids is 2. The van der Waals surface area contributed by atoms with Gasteiger partial charge in [0.15, 0.2) is 16.4 Å². The summed E-state index contributed by atoms with van der Waals surface area (Å²) in [6.45, 7) is 1.57. The molecule has 27 heavy (non-hydrogen) atoms. The lowest BCUT2D eigenvalue weighted by Crippen LogP contribution is -2.41. The Morgan fingerprint density at radius 1 is 1.19 bits per heavy atom. The molecule has 2 aromatic carbocycles. The van der Waals surface area contributed by atoms with Gasteiger partial charge in [0.1, 0.15) is 5.75 Å². The van der Waals surface area contributed by atoms with Crippen LogP contribution in [-0.4, -0.2) is 39.1 Å². The zero-order valence-electron chi connectivity index (χ0n) is 15.0. The van der Waals surface area contributed by atoms with E-state index in [1.165, 1.54) is 24.3 Å². The zero-order chi connectivity index (χ0) is 19.6. The van der Waals surface area contributed by atoms with Gasteiger partial charge in [-0.3, -0.25) is 9.59 Å². The van der Waals surface area contributed by atoms with Crippen LogP contribution in [0.2, 0.25) is 0 Å². The van der Waals surface area contributed by atoms with Crippen molar-refractivity contribution >= 4 is 33.0 Å². The second kappa shape index (κ2) is 7.40. The number of hydrogen-bond donors (Lipinski definition) is 1. The van der Waals surface area contributed by atoms with Crippen molar-refractivity contribution < 1.29 is 22.7 Å². The molecule has 0 aliphatic carbocycles. The Balaban J connectivity index is 1.76. The molecule has 7 nitrogen and oxygen atoms in total. The van der Waals surface area contributed by atoms with Crippen LogP contribution in [0.1, 0.15) is 13.3 Å². The number of hydrogen-bond acceptors (Lipinski definition) is 5. The van der Waals surface area contributed by atoms with E-state index in [0.717, 1.165) is 6.26 Å². The highest BCUT2D eigenvalue weighted by Gasteiger charge is 2.29. The molecule has 0 aromatic heterocycles. The third kappa shape index (κ3) is 4.28. The molecule has 2 aromatic rings. The topological polar surface area (TPSA) is 92.8 Å². The highest BCUT2D eigenvalue weighted by molar-refractivity contribution is 7.90. The van der Waals surface area contributed by atoms with E-state index in [1.807, 2.05) is 0 Å². The second-order valence-corrected chi connectivity index (χ2v) is 8.43. The molecule has 1 unspecified atom stereocenters. The molecule has 1 aliphatic heterocycles. The molecule has 1 aliphatic rings. The van der Waals surface area contributed by atoms with Crippen LogP contribution in [0, 0.1) is 0 Å². The average molecular weight is 388 g/mol. The van der Waals surface area contributed by atoms with E-state index >= 15 is 0 Å². The maximum atomic E-state index is 12.8. The van der Waals surface area contributed by atoms with Crippen molar-refractivity contribution in [2.45, 2.75) is 24.3 Å². The van der Waals surface area contributed by atoms with Crippen LogP contribution in [0.5, 0.6) is 5.75 Å². The summed E-state index contributed by atoms with van der Waals surface area (Å²) in [7, 11) is -3.29. The Hall–Kier alpha value is -2.87. The Morgan fingerprint density at radius 3 is 2.52 bits per heavy atom. The number of sulfone groups is 1. The molecule has 0 bridgehead atoms. The maximum absolute atomic E-state index is 12.8. The number of fused-ring (bicyclic) bond motifs is 1. The molecule has 1 heterocycles. The highest BCUT2D eigenvalue weighted by atomic mass is 32.2. The van der Waals surface area contributed by atoms with Crippen molar-refractivity contribution in [3.8, 4) is 5.75 Å². The first-order valence-corrected chi connectivity index (χ1v) is 10.3. The first-order valence-electron chi connectivity index (χ1n) is 8.39. The van der Waals surface area contributed by atoms with E-state index in [9.17, 15) is 18.0 Å². The van der Waals surface area contributed by atoms with Gasteiger partial charge >= 0.3 is 0 Å². The summed E-state index contributed by atoms with van der Waals surface area (Å²) in [5, 5.41) is 2.80. The summed E-state index contributed by atoms with van der Waals surface area (Å²) in [4.78, 5) is 26.5. The van der Waals surface area contributed by atoms with Crippen molar-refractivity contribution in [2.24, 2.45) is 0 Å². The Morgan fingerprint density at radius 2 is 1.85 bits per heavy atom. The predicted octanol–water partition coefficient (Wildman–Crippen LogP) is 2.23. The number of rotatable bonds is 4. The fraction of sp³-hybridized carbons (Fsp3) is 0.263. The molecule has 8 heteroatoms. The molecular formula is C19H20N2O5S. The summed E-state index contributed by atoms with van der Waals surface area (Å²) >= 11 is 0. The van der Waals surface area contributed by atoms with Gasteiger partial charge in [-0.1, -0.05) is 12.1 Å². The van der Waals surface area contributed by atoms with Crippen LogP contribution in [0.25, 0.3) is 0 Å². The number of para-hydroxylation sites is 2. The van der Waals surface area contributed by atoms with Crippen LogP contribution in [0.3, 0.4) is 0 Å². The number of nitrogens with zero attached hydrogens (tertiary/aromatic N) is 1. The summed E-state index contributed by atoms with van der Waals surface area (Å²) in [6.07, 6.45) is 1.31. The summed E-state index contributed by atoms with van der Waals surface area (Å²) in [6, 6.07) is 12.7. The van der Waals surface area contributed by atoms with Gasteiger partial charge in [-0.05, 0) is 43.3 Å². The average Bonchev–Trinajstić information content (AvgIpc) is 2.73. The summed E-state index contributed by atoms with van der Waals surface area (Å²) in [5.74, 6) is -0.0538. The Kier molecular flexibility index (Phi) is 5.18. The predicted molar refractivity (Wildman–Crippen MR) is 102 cm³/mol. The number of ether oxygens (including phenoxy) is 1. The van der Waals surface area contributed by atoms with Crippen molar-refractivity contribution in [2.75, 3.05) is 23.1 Å². The Labute approximate surface area is 157 Å². The second-order valence-electron chi connectivity index (χ2n) is 6.41. The van der Waals surface area contributed by atoms with Gasteiger partial charge in [-0.25, -0.2) is 8.42 Å². The number of anilines is 2. The number of amides is 2. The first-order chi connectivity index (χ1) is 12.8. The molecule has 3 rings (SSSR count). The summed E-state index contributed by atoms with van der Waals surface area (Å²) in [5.41, 5.74) is 1.20. The van der Waals surface area contributed by atoms with E-state index in [0.29, 0.717) is 17.1 Å². The molecule has 1 atom stereocenters. The van der Waals surface area contributed by atoms with Crippen LogP contribution >= 0.6 is 0 Å². The fourth-order valence-electron chi connectivity index (χ4n) is 2.97. The van der Waals surface area contributed by atoms with Gasteiger partial charge in [0, 0.05) is 18.7 Å². The molecular weight excluding hydrogens is 368 g/mol. The number of benzene rings is 2. The lowest BCUT2D eigenvalue weighted by Gasteiger charge is -2.27. The lowest BCUT2D eigenvalue weighted by molar-refractivity contribution is -0.121. The molecule has 0 saturated carbocycles. The summed E-state index contributed by atoms with van der Waals surface area (Å²) < 4.78 is 28.5. The van der Waals surface area contributed by atoms with Crippen molar-refractivity contribution in [3.05, 3.63) is 48.5 Å². The zero-order valence-corrected chi connectivity index (χ0v) is 15.8. The van der Waals surface area contributed by atoms with Crippen molar-refractivity contribution in [3.63, 3.8) is 0 Å². The molecule has 1 N–H and O–H groups in total. The van der Waals surface area contributed by atoms with E-state index in [-0.39, 0.29) is 35.8 Å². The van der Waals surface area contributed by atoms with Crippen molar-refractivity contribution in [1.29, 1.82) is 0 Å². The van der Waals surface area contributed by atoms with Crippen LogP contribution in [0.4, 0.5) is 11.4 Å². The van der Waals surface area contributed by atoms with Gasteiger partial charge in [0.05, 0.1) is 16.3 Å². The largest absolute Gasteiger partial charge is 0.484 e. The minimum atomic E-state index is -3.29. The molecule has 0 spiro atoms. The molecule has 0 radical (unpaired) electrons. The van der Waals surface area contributed by atoms with E-state index in [1.54, 1.807) is 36.1 Å². The Bertz CT molecular complexity index is 970. The smallest absolute Gasteiger partial charge is 0.265 e. The number of nitrogens with one attached hydrogen (secondary N) is 1.